The van der Waals surface area contributed by atoms with Gasteiger partial charge >= 0.3 is 17.9 Å². The van der Waals surface area contributed by atoms with Crippen molar-refractivity contribution in [3.63, 3.8) is 0 Å². The molecule has 8 nitrogen and oxygen atoms in total. The molecule has 0 aromatic heterocycles. The molecule has 0 saturated heterocycles. The number of halogens is 1. The lowest BCUT2D eigenvalue weighted by atomic mass is 10.1. The summed E-state index contributed by atoms with van der Waals surface area (Å²) in [4.78, 5) is 43.4. The fraction of sp³-hybridized carbons (Fsp3) is 0.111. The number of aliphatic imine (C=N–C) groups is 1. The number of rotatable bonds is 7. The predicted molar refractivity (Wildman–Crippen MR) is 135 cm³/mol. The quantitative estimate of drug-likeness (QED) is 0.333. The van der Waals surface area contributed by atoms with Crippen LogP contribution in [-0.2, 0) is 14.3 Å². The van der Waals surface area contributed by atoms with Crippen LogP contribution in [0, 0.1) is 0 Å². The zero-order valence-electron chi connectivity index (χ0n) is 19.1. The third kappa shape index (κ3) is 5.36. The average Bonchev–Trinajstić information content (AvgIpc) is 2.91. The van der Waals surface area contributed by atoms with Gasteiger partial charge in [-0.15, -0.1) is 0 Å². The number of hydrogen-bond donors (Lipinski definition) is 1. The molecule has 1 aliphatic rings. The highest BCUT2D eigenvalue weighted by molar-refractivity contribution is 9.09. The molecule has 2 unspecified atom stereocenters. The Balaban J connectivity index is 1.78. The number of carbonyl (C=O) groups is 3. The lowest BCUT2D eigenvalue weighted by Gasteiger charge is -2.35. The van der Waals surface area contributed by atoms with Gasteiger partial charge in [0.1, 0.15) is 6.17 Å². The van der Waals surface area contributed by atoms with Crippen molar-refractivity contribution in [1.82, 2.24) is 4.90 Å². The Bertz CT molecular complexity index is 1330. The Hall–Kier alpha value is -4.24. The molecule has 36 heavy (non-hydrogen) atoms. The second-order valence-electron chi connectivity index (χ2n) is 7.77. The van der Waals surface area contributed by atoms with Crippen LogP contribution in [0.25, 0.3) is 0 Å². The van der Waals surface area contributed by atoms with Gasteiger partial charge in [-0.1, -0.05) is 82.7 Å². The Labute approximate surface area is 215 Å². The molecule has 182 valence electrons. The third-order valence-corrected chi connectivity index (χ3v) is 6.37. The predicted octanol–water partition coefficient (Wildman–Crippen LogP) is 4.80. The molecule has 1 N–H and O–H groups in total. The number of ether oxygens (including phenoxy) is 2. The summed E-state index contributed by atoms with van der Waals surface area (Å²) in [5.41, 5.74) is 0.706. The number of carboxylic acids is 1. The van der Waals surface area contributed by atoms with Crippen LogP contribution >= 0.6 is 15.9 Å². The molecule has 0 bridgehead atoms. The van der Waals surface area contributed by atoms with Crippen LogP contribution < -0.4 is 0 Å². The van der Waals surface area contributed by atoms with Crippen LogP contribution in [-0.4, -0.2) is 46.8 Å². The Morgan fingerprint density at radius 2 is 1.31 bits per heavy atom. The largest absolute Gasteiger partial charge is 0.476 e. The van der Waals surface area contributed by atoms with E-state index in [0.29, 0.717) is 0 Å². The monoisotopic (exact) mass is 548 g/mol. The van der Waals surface area contributed by atoms with Crippen molar-refractivity contribution in [2.75, 3.05) is 7.05 Å². The van der Waals surface area contributed by atoms with E-state index in [2.05, 4.69) is 20.9 Å². The molecular formula is C27H21BrN2O6. The van der Waals surface area contributed by atoms with Crippen molar-refractivity contribution in [2.45, 2.75) is 11.0 Å². The summed E-state index contributed by atoms with van der Waals surface area (Å²) in [5, 5.41) is 9.99. The van der Waals surface area contributed by atoms with Gasteiger partial charge in [0.15, 0.2) is 5.71 Å². The molecule has 0 fully saturated rings. The molecule has 1 heterocycles. The zero-order valence-corrected chi connectivity index (χ0v) is 20.7. The van der Waals surface area contributed by atoms with Gasteiger partial charge in [-0.25, -0.2) is 19.4 Å². The molecule has 3 aromatic carbocycles. The van der Waals surface area contributed by atoms with Gasteiger partial charge in [0.25, 0.3) is 0 Å². The second-order valence-corrected chi connectivity index (χ2v) is 8.75. The minimum Gasteiger partial charge on any atom is -0.476 e. The normalized spacial score (nSPS) is 16.1. The van der Waals surface area contributed by atoms with Gasteiger partial charge in [-0.05, 0) is 29.8 Å². The number of benzene rings is 3. The summed E-state index contributed by atoms with van der Waals surface area (Å²) in [5.74, 6) is -3.72. The number of hydrogen-bond acceptors (Lipinski definition) is 7. The molecule has 3 aromatic rings. The third-order valence-electron chi connectivity index (χ3n) is 5.37. The Morgan fingerprint density at radius 1 is 0.833 bits per heavy atom. The number of carbonyl (C=O) groups excluding carboxylic acids is 2. The first-order valence-electron chi connectivity index (χ1n) is 10.9. The first kappa shape index (κ1) is 24.9. The van der Waals surface area contributed by atoms with E-state index < -0.39 is 40.4 Å². The van der Waals surface area contributed by atoms with Gasteiger partial charge in [0.05, 0.1) is 16.0 Å². The summed E-state index contributed by atoms with van der Waals surface area (Å²) in [6, 6.07) is 25.5. The number of likely N-dealkylation sites (N-methyl/N-ethyl adjacent to an activating group) is 1. The summed E-state index contributed by atoms with van der Waals surface area (Å²) in [7, 11) is 1.58. The molecule has 2 atom stereocenters. The lowest BCUT2D eigenvalue weighted by Crippen LogP contribution is -2.42. The number of aliphatic carboxylic acids is 1. The van der Waals surface area contributed by atoms with E-state index in [0.717, 1.165) is 5.56 Å². The number of nitrogens with zero attached hydrogens (tertiary/aromatic N) is 2. The fourth-order valence-corrected chi connectivity index (χ4v) is 4.32. The molecule has 0 spiro atoms. The summed E-state index contributed by atoms with van der Waals surface area (Å²) in [6.07, 6.45) is -0.837. The van der Waals surface area contributed by atoms with E-state index in [1.54, 1.807) is 55.6 Å². The van der Waals surface area contributed by atoms with Crippen LogP contribution in [0.2, 0.25) is 0 Å². The van der Waals surface area contributed by atoms with E-state index in [-0.39, 0.29) is 17.0 Å². The molecule has 4 rings (SSSR count). The van der Waals surface area contributed by atoms with Crippen molar-refractivity contribution >= 4 is 39.5 Å². The van der Waals surface area contributed by atoms with Crippen LogP contribution in [0.1, 0.15) is 31.1 Å². The molecule has 1 aliphatic heterocycles. The molecule has 9 heteroatoms. The highest BCUT2D eigenvalue weighted by Crippen LogP contribution is 2.36. The lowest BCUT2D eigenvalue weighted by molar-refractivity contribution is -0.129. The topological polar surface area (TPSA) is 106 Å². The maximum Gasteiger partial charge on any atom is 0.358 e. The van der Waals surface area contributed by atoms with Gasteiger partial charge in [-0.3, -0.25) is 0 Å². The van der Waals surface area contributed by atoms with E-state index >= 15 is 0 Å². The molecule has 0 saturated carbocycles. The van der Waals surface area contributed by atoms with E-state index in [1.165, 1.54) is 17.0 Å². The highest BCUT2D eigenvalue weighted by Gasteiger charge is 2.40. The van der Waals surface area contributed by atoms with Crippen LogP contribution in [0.3, 0.4) is 0 Å². The maximum atomic E-state index is 13.0. The average molecular weight is 549 g/mol. The van der Waals surface area contributed by atoms with Crippen LogP contribution in [0.5, 0.6) is 0 Å². The Kier molecular flexibility index (Phi) is 7.60. The first-order chi connectivity index (χ1) is 17.4. The SMILES string of the molecule is CN1C(OC(=O)c2ccccc2)=C(OC(=O)c2ccccc2)C(C(=O)O)=NC1C(Br)c1ccccc1. The summed E-state index contributed by atoms with van der Waals surface area (Å²) in [6.45, 7) is 0. The fourth-order valence-electron chi connectivity index (χ4n) is 3.54. The number of alkyl halides is 1. The van der Waals surface area contributed by atoms with Crippen molar-refractivity contribution in [3.05, 3.63) is 119 Å². The van der Waals surface area contributed by atoms with Gasteiger partial charge in [0, 0.05) is 7.05 Å². The first-order valence-corrected chi connectivity index (χ1v) is 11.8. The summed E-state index contributed by atoms with van der Waals surface area (Å²) < 4.78 is 11.2. The minimum atomic E-state index is -1.44. The molecular weight excluding hydrogens is 528 g/mol. The van der Waals surface area contributed by atoms with Crippen LogP contribution in [0.4, 0.5) is 0 Å². The van der Waals surface area contributed by atoms with Gasteiger partial charge in [-0.2, -0.15) is 0 Å². The number of carboxylic acid groups (broad SMARTS) is 1. The van der Waals surface area contributed by atoms with Crippen molar-refractivity contribution in [1.29, 1.82) is 0 Å². The Morgan fingerprint density at radius 3 is 1.81 bits per heavy atom. The van der Waals surface area contributed by atoms with Gasteiger partial charge in [0.2, 0.25) is 11.6 Å². The smallest absolute Gasteiger partial charge is 0.358 e. The van der Waals surface area contributed by atoms with Crippen molar-refractivity contribution in [3.8, 4) is 0 Å². The maximum absolute atomic E-state index is 13.0. The van der Waals surface area contributed by atoms with Crippen LogP contribution in [0.15, 0.2) is 108 Å². The van der Waals surface area contributed by atoms with E-state index in [1.807, 2.05) is 30.3 Å². The molecule has 0 aliphatic carbocycles. The van der Waals surface area contributed by atoms with Crippen molar-refractivity contribution < 1.29 is 29.0 Å². The van der Waals surface area contributed by atoms with E-state index in [4.69, 9.17) is 9.47 Å². The molecule has 0 radical (unpaired) electrons. The number of esters is 2. The van der Waals surface area contributed by atoms with Crippen molar-refractivity contribution in [2.24, 2.45) is 4.99 Å². The second kappa shape index (κ2) is 11.0. The summed E-state index contributed by atoms with van der Waals surface area (Å²) >= 11 is 3.60. The van der Waals surface area contributed by atoms with Gasteiger partial charge < -0.3 is 19.5 Å². The standard InChI is InChI=1S/C27H21BrN2O6/c1-30-23(20(28)17-11-5-2-6-12-17)29-21(25(31)32)22(35-26(33)18-13-7-3-8-14-18)24(30)36-27(34)19-15-9-4-10-16-19/h2-16,20,23H,1H3,(H,31,32). The molecule has 0 amide bonds. The zero-order chi connectivity index (χ0) is 25.7. The highest BCUT2D eigenvalue weighted by atomic mass is 79.9. The van der Waals surface area contributed by atoms with E-state index in [9.17, 15) is 19.5 Å². The minimum absolute atomic E-state index is 0.191.